The number of methoxy groups -OCH3 is 1. The molecule has 204 valence electrons. The lowest BCUT2D eigenvalue weighted by molar-refractivity contribution is -0.123. The summed E-state index contributed by atoms with van der Waals surface area (Å²) < 4.78 is 38.0. The Hall–Kier alpha value is -4.04. The Morgan fingerprint density at radius 2 is 1.72 bits per heavy atom. The van der Waals surface area contributed by atoms with Crippen LogP contribution in [0.5, 0.6) is 0 Å². The second kappa shape index (κ2) is 12.7. The summed E-state index contributed by atoms with van der Waals surface area (Å²) in [4.78, 5) is 30.1. The fraction of sp³-hybridized carbons (Fsp3) is 0.192. The number of hydrogen-bond acceptors (Lipinski definition) is 10. The van der Waals surface area contributed by atoms with E-state index in [0.717, 1.165) is 5.56 Å². The van der Waals surface area contributed by atoms with Crippen molar-refractivity contribution in [2.24, 2.45) is 5.90 Å². The van der Waals surface area contributed by atoms with E-state index in [1.165, 1.54) is 30.6 Å². The van der Waals surface area contributed by atoms with Crippen LogP contribution in [-0.2, 0) is 36.8 Å². The van der Waals surface area contributed by atoms with Gasteiger partial charge in [-0.3, -0.25) is 4.79 Å². The lowest BCUT2D eigenvalue weighted by atomic mass is 10.0. The molecule has 2 aromatic carbocycles. The van der Waals surface area contributed by atoms with Gasteiger partial charge >= 0.3 is 16.2 Å². The van der Waals surface area contributed by atoms with Crippen molar-refractivity contribution in [2.45, 2.75) is 29.8 Å². The van der Waals surface area contributed by atoms with Crippen molar-refractivity contribution >= 4 is 33.5 Å². The van der Waals surface area contributed by atoms with Crippen molar-refractivity contribution in [1.82, 2.24) is 15.6 Å². The van der Waals surface area contributed by atoms with Crippen molar-refractivity contribution < 1.29 is 31.4 Å². The van der Waals surface area contributed by atoms with E-state index < -0.39 is 34.2 Å². The van der Waals surface area contributed by atoms with Crippen LogP contribution in [0.25, 0.3) is 10.8 Å². The fourth-order valence-electron chi connectivity index (χ4n) is 3.81. The lowest BCUT2D eigenvalue weighted by Crippen LogP contribution is -2.49. The van der Waals surface area contributed by atoms with E-state index >= 15 is 0 Å². The molecule has 2 aromatic heterocycles. The molecule has 0 spiro atoms. The van der Waals surface area contributed by atoms with Gasteiger partial charge in [-0.2, -0.15) is 18.6 Å². The summed E-state index contributed by atoms with van der Waals surface area (Å²) in [6.45, 7) is 0. The van der Waals surface area contributed by atoms with Crippen molar-refractivity contribution in [1.29, 1.82) is 0 Å². The van der Waals surface area contributed by atoms with Gasteiger partial charge in [-0.25, -0.2) is 9.78 Å². The quantitative estimate of drug-likeness (QED) is 0.230. The highest BCUT2D eigenvalue weighted by Gasteiger charge is 2.27. The van der Waals surface area contributed by atoms with Crippen LogP contribution >= 0.6 is 11.3 Å². The minimum atomic E-state index is -4.06. The number of nitrogens with zero attached hydrogens (tertiary/aromatic N) is 1. The van der Waals surface area contributed by atoms with Gasteiger partial charge in [0, 0.05) is 11.8 Å². The molecular formula is C26H26N4O7S2. The van der Waals surface area contributed by atoms with Crippen LogP contribution < -0.4 is 16.5 Å². The van der Waals surface area contributed by atoms with Gasteiger partial charge in [-0.05, 0) is 41.8 Å². The number of hydrogen-bond donors (Lipinski definition) is 3. The van der Waals surface area contributed by atoms with E-state index in [-0.39, 0.29) is 17.7 Å². The van der Waals surface area contributed by atoms with E-state index in [1.54, 1.807) is 30.5 Å². The highest BCUT2D eigenvalue weighted by Crippen LogP contribution is 2.28. The molecule has 0 aliphatic carbocycles. The number of carbonyl (C=O) groups is 2. The molecule has 0 bridgehead atoms. The molecule has 0 aliphatic heterocycles. The molecule has 0 radical (unpaired) electrons. The Labute approximate surface area is 229 Å². The minimum absolute atomic E-state index is 0.103. The van der Waals surface area contributed by atoms with Crippen LogP contribution in [0.4, 0.5) is 4.79 Å². The summed E-state index contributed by atoms with van der Waals surface area (Å²) in [5, 5.41) is 8.02. The maximum Gasteiger partial charge on any atom is 0.407 e. The van der Waals surface area contributed by atoms with Crippen LogP contribution in [-0.4, -0.2) is 38.6 Å². The molecule has 4 rings (SSSR count). The lowest BCUT2D eigenvalue weighted by Gasteiger charge is -2.23. The van der Waals surface area contributed by atoms with E-state index in [9.17, 15) is 18.0 Å². The first kappa shape index (κ1) is 28.0. The molecular weight excluding hydrogens is 544 g/mol. The molecule has 2 heterocycles. The molecule has 2 atom stereocenters. The summed E-state index contributed by atoms with van der Waals surface area (Å²) in [6, 6.07) is 17.2. The summed E-state index contributed by atoms with van der Waals surface area (Å²) in [7, 11) is -2.83. The van der Waals surface area contributed by atoms with Gasteiger partial charge in [0.2, 0.25) is 5.91 Å². The Bertz CT molecular complexity index is 1490. The van der Waals surface area contributed by atoms with E-state index in [4.69, 9.17) is 15.1 Å². The van der Waals surface area contributed by atoms with Crippen molar-refractivity contribution in [3.05, 3.63) is 95.2 Å². The third-order valence-electron chi connectivity index (χ3n) is 5.78. The number of carbonyl (C=O) groups excluding carboxylic acids is 2. The zero-order valence-electron chi connectivity index (χ0n) is 20.8. The first-order chi connectivity index (χ1) is 18.8. The number of alkyl carbamates (subject to hydrolysis) is 1. The minimum Gasteiger partial charge on any atom is -0.462 e. The number of aromatic nitrogens is 1. The molecule has 0 aliphatic rings. The fourth-order valence-corrected chi connectivity index (χ4v) is 5.23. The molecule has 11 nitrogen and oxygen atoms in total. The summed E-state index contributed by atoms with van der Waals surface area (Å²) in [5.41, 5.74) is 2.13. The third-order valence-corrected chi connectivity index (χ3v) is 7.76. The van der Waals surface area contributed by atoms with Crippen LogP contribution in [0.3, 0.4) is 0 Å². The monoisotopic (exact) mass is 570 g/mol. The predicted octanol–water partition coefficient (Wildman–Crippen LogP) is 3.35. The van der Waals surface area contributed by atoms with E-state index in [0.29, 0.717) is 22.0 Å². The molecule has 4 N–H and O–H groups in total. The van der Waals surface area contributed by atoms with Crippen LogP contribution in [0.1, 0.15) is 22.9 Å². The first-order valence-corrected chi connectivity index (χ1v) is 14.0. The number of benzene rings is 2. The molecule has 2 amide bonds. The summed E-state index contributed by atoms with van der Waals surface area (Å²) in [5.74, 6) is 5.01. The van der Waals surface area contributed by atoms with Gasteiger partial charge in [-0.1, -0.05) is 42.5 Å². The van der Waals surface area contributed by atoms with Crippen molar-refractivity contribution in [2.75, 3.05) is 7.11 Å². The van der Waals surface area contributed by atoms with Crippen LogP contribution in [0, 0.1) is 0 Å². The van der Waals surface area contributed by atoms with Crippen LogP contribution in [0.15, 0.2) is 87.7 Å². The van der Waals surface area contributed by atoms with E-state index in [2.05, 4.69) is 19.9 Å². The molecule has 13 heteroatoms. The largest absolute Gasteiger partial charge is 0.462 e. The SMILES string of the molecule is COC(=O)N[C@@H](Cc1ccccc1)C(=O)N[C@@H](Cc1ccc(S(=O)(=O)ON)cc1)c1csc(-c2ccco2)n1. The van der Waals surface area contributed by atoms with Crippen LogP contribution in [0.2, 0.25) is 0 Å². The second-order valence-corrected chi connectivity index (χ2v) is 10.8. The van der Waals surface area contributed by atoms with E-state index in [1.807, 2.05) is 35.7 Å². The maximum atomic E-state index is 13.5. The van der Waals surface area contributed by atoms with Gasteiger partial charge in [0.15, 0.2) is 10.8 Å². The molecule has 4 aromatic rings. The van der Waals surface area contributed by atoms with Gasteiger partial charge < -0.3 is 19.8 Å². The second-order valence-electron chi connectivity index (χ2n) is 8.39. The number of thiazole rings is 1. The molecule has 39 heavy (non-hydrogen) atoms. The molecule has 0 unspecified atom stereocenters. The average Bonchev–Trinajstić information content (AvgIpc) is 3.66. The maximum absolute atomic E-state index is 13.5. The third kappa shape index (κ3) is 7.29. The zero-order chi connectivity index (χ0) is 27.8. The number of furan rings is 1. The number of nitrogens with two attached hydrogens (primary N) is 1. The summed E-state index contributed by atoms with van der Waals surface area (Å²) in [6.07, 6.45) is 1.31. The van der Waals surface area contributed by atoms with Gasteiger partial charge in [-0.15, -0.1) is 11.3 Å². The Morgan fingerprint density at radius 1 is 1.00 bits per heavy atom. The Morgan fingerprint density at radius 3 is 2.36 bits per heavy atom. The highest BCUT2D eigenvalue weighted by atomic mass is 32.2. The van der Waals surface area contributed by atoms with Crippen molar-refractivity contribution in [3.63, 3.8) is 0 Å². The highest BCUT2D eigenvalue weighted by molar-refractivity contribution is 7.86. The molecule has 0 fully saturated rings. The normalized spacial score (nSPS) is 12.9. The number of rotatable bonds is 11. The number of ether oxygens (including phenoxy) is 1. The predicted molar refractivity (Wildman–Crippen MR) is 143 cm³/mol. The van der Waals surface area contributed by atoms with Crippen molar-refractivity contribution in [3.8, 4) is 10.8 Å². The van der Waals surface area contributed by atoms with Gasteiger partial charge in [0.05, 0.1) is 30.0 Å². The summed E-state index contributed by atoms with van der Waals surface area (Å²) >= 11 is 1.35. The van der Waals surface area contributed by atoms with Gasteiger partial charge in [0.25, 0.3) is 0 Å². The zero-order valence-corrected chi connectivity index (χ0v) is 22.4. The number of amides is 2. The Balaban J connectivity index is 1.61. The molecule has 0 saturated carbocycles. The average molecular weight is 571 g/mol. The number of nitrogens with one attached hydrogen (secondary N) is 2. The Kier molecular flexibility index (Phi) is 9.09. The van der Waals surface area contributed by atoms with Gasteiger partial charge in [0.1, 0.15) is 6.04 Å². The topological polar surface area (TPSA) is 163 Å². The standard InChI is InChI=1S/C26H26N4O7S2/c1-35-26(32)30-21(15-17-6-3-2-4-7-17)24(31)28-20(22-16-38-25(29-22)23-8-5-13-36-23)14-18-9-11-19(12-10-18)39(33,34)37-27/h2-13,16,20-21H,14-15,27H2,1H3,(H,28,31)(H,30,32)/t20-,21-/m0/s1. The molecule has 0 saturated heterocycles. The first-order valence-electron chi connectivity index (χ1n) is 11.7. The smallest absolute Gasteiger partial charge is 0.407 e.